The molecule has 0 radical (unpaired) electrons. The molecule has 0 N–H and O–H groups in total. The first-order chi connectivity index (χ1) is 9.79. The fraction of sp³-hybridized carbons (Fsp3) is 0.500. The minimum Gasteiger partial charge on any atom is -0.444 e. The Morgan fingerprint density at radius 3 is 2.62 bits per heavy atom. The lowest BCUT2D eigenvalue weighted by Crippen LogP contribution is -2.36. The molecule has 1 aliphatic heterocycles. The van der Waals surface area contributed by atoms with Crippen molar-refractivity contribution in [2.45, 2.75) is 52.2 Å². The molecule has 0 spiro atoms. The summed E-state index contributed by atoms with van der Waals surface area (Å²) in [6.07, 6.45) is 1.76. The molecule has 0 bridgehead atoms. The normalized spacial score (nSPS) is 18.7. The Morgan fingerprint density at radius 1 is 1.33 bits per heavy atom. The molecule has 0 saturated carbocycles. The Kier molecular flexibility index (Phi) is 4.40. The van der Waals surface area contributed by atoms with Gasteiger partial charge in [0.2, 0.25) is 0 Å². The van der Waals surface area contributed by atoms with Gasteiger partial charge in [0.25, 0.3) is 0 Å². The van der Waals surface area contributed by atoms with Crippen molar-refractivity contribution in [3.05, 3.63) is 42.0 Å². The maximum absolute atomic E-state index is 12.4. The number of amides is 1. The zero-order valence-corrected chi connectivity index (χ0v) is 13.5. The molecule has 114 valence electrons. The van der Waals surface area contributed by atoms with Gasteiger partial charge in [-0.3, -0.25) is 0 Å². The van der Waals surface area contributed by atoms with Gasteiger partial charge in [-0.25, -0.2) is 4.79 Å². The highest BCUT2D eigenvalue weighted by molar-refractivity contribution is 5.71. The van der Waals surface area contributed by atoms with Crippen molar-refractivity contribution in [2.75, 3.05) is 6.54 Å². The van der Waals surface area contributed by atoms with E-state index in [-0.39, 0.29) is 12.1 Å². The van der Waals surface area contributed by atoms with E-state index < -0.39 is 5.60 Å². The number of hydrogen-bond donors (Lipinski definition) is 0. The van der Waals surface area contributed by atoms with Crippen LogP contribution in [0.1, 0.15) is 57.7 Å². The molecule has 1 aromatic rings. The molecule has 1 atom stereocenters. The second-order valence-electron chi connectivity index (χ2n) is 6.70. The van der Waals surface area contributed by atoms with Gasteiger partial charge >= 0.3 is 6.09 Å². The summed E-state index contributed by atoms with van der Waals surface area (Å²) in [5.74, 6) is 0. The van der Waals surface area contributed by atoms with E-state index in [2.05, 4.69) is 18.7 Å². The van der Waals surface area contributed by atoms with Crippen LogP contribution < -0.4 is 0 Å². The van der Waals surface area contributed by atoms with Crippen LogP contribution in [-0.4, -0.2) is 23.1 Å². The van der Waals surface area contributed by atoms with E-state index in [4.69, 9.17) is 4.74 Å². The van der Waals surface area contributed by atoms with Crippen molar-refractivity contribution in [3.63, 3.8) is 0 Å². The first-order valence-corrected chi connectivity index (χ1v) is 7.54. The van der Waals surface area contributed by atoms with Crippen LogP contribution in [0.5, 0.6) is 0 Å². The van der Waals surface area contributed by atoms with Crippen molar-refractivity contribution in [1.29, 1.82) is 0 Å². The molecule has 1 aromatic carbocycles. The Labute approximate surface area is 127 Å². The summed E-state index contributed by atoms with van der Waals surface area (Å²) in [6.45, 7) is 12.5. The van der Waals surface area contributed by atoms with E-state index >= 15 is 0 Å². The molecule has 0 aliphatic carbocycles. The lowest BCUT2D eigenvalue weighted by Gasteiger charge is -2.29. The van der Waals surface area contributed by atoms with Crippen LogP contribution in [0.2, 0.25) is 0 Å². The van der Waals surface area contributed by atoms with Crippen molar-refractivity contribution in [3.8, 4) is 0 Å². The van der Waals surface area contributed by atoms with Crippen molar-refractivity contribution < 1.29 is 9.53 Å². The third-order valence-corrected chi connectivity index (χ3v) is 3.66. The molecule has 2 rings (SSSR count). The van der Waals surface area contributed by atoms with Crippen LogP contribution in [0, 0.1) is 0 Å². The molecular formula is C18H25NO2. The summed E-state index contributed by atoms with van der Waals surface area (Å²) < 4.78 is 5.54. The summed E-state index contributed by atoms with van der Waals surface area (Å²) in [7, 11) is 0. The number of hydrogen-bond acceptors (Lipinski definition) is 2. The number of rotatable bonds is 2. The fourth-order valence-electron chi connectivity index (χ4n) is 2.81. The molecule has 1 aliphatic rings. The molecule has 21 heavy (non-hydrogen) atoms. The minimum atomic E-state index is -0.460. The zero-order chi connectivity index (χ0) is 15.6. The number of likely N-dealkylation sites (tertiary alicyclic amines) is 1. The molecule has 1 amide bonds. The number of ether oxygens (including phenoxy) is 1. The molecule has 0 unspecified atom stereocenters. The Morgan fingerprint density at radius 2 is 2.00 bits per heavy atom. The second kappa shape index (κ2) is 5.92. The molecular weight excluding hydrogens is 262 g/mol. The van der Waals surface area contributed by atoms with Gasteiger partial charge in [-0.1, -0.05) is 36.4 Å². The van der Waals surface area contributed by atoms with Gasteiger partial charge < -0.3 is 9.64 Å². The maximum Gasteiger partial charge on any atom is 0.410 e. The van der Waals surface area contributed by atoms with Gasteiger partial charge in [-0.15, -0.1) is 0 Å². The molecule has 0 aromatic heterocycles. The summed E-state index contributed by atoms with van der Waals surface area (Å²) in [5, 5.41) is 0. The Balaban J connectivity index is 2.27. The first-order valence-electron chi connectivity index (χ1n) is 7.54. The molecule has 1 saturated heterocycles. The standard InChI is InChI=1S/C18H25NO2/c1-13(2)14-9-6-7-10-15(14)16-11-8-12-19(16)17(20)21-18(3,4)5/h6-7,9-10,16H,1,8,11-12H2,2-5H3/t16-/m0/s1. The lowest BCUT2D eigenvalue weighted by molar-refractivity contribution is 0.0224. The second-order valence-corrected chi connectivity index (χ2v) is 6.70. The van der Waals surface area contributed by atoms with E-state index in [1.807, 2.05) is 44.7 Å². The van der Waals surface area contributed by atoms with Crippen LogP contribution in [0.15, 0.2) is 30.8 Å². The average molecular weight is 287 g/mol. The SMILES string of the molecule is C=C(C)c1ccccc1[C@@H]1CCCN1C(=O)OC(C)(C)C. The third kappa shape index (κ3) is 3.66. The summed E-state index contributed by atoms with van der Waals surface area (Å²) in [5.41, 5.74) is 2.88. The summed E-state index contributed by atoms with van der Waals surface area (Å²) >= 11 is 0. The van der Waals surface area contributed by atoms with E-state index in [0.29, 0.717) is 0 Å². The summed E-state index contributed by atoms with van der Waals surface area (Å²) in [4.78, 5) is 14.3. The zero-order valence-electron chi connectivity index (χ0n) is 13.5. The Bertz CT molecular complexity index is 542. The van der Waals surface area contributed by atoms with E-state index in [0.717, 1.165) is 30.5 Å². The van der Waals surface area contributed by atoms with E-state index in [1.165, 1.54) is 5.56 Å². The number of carbonyl (C=O) groups excluding carboxylic acids is 1. The molecule has 1 fully saturated rings. The monoisotopic (exact) mass is 287 g/mol. The molecule has 3 heteroatoms. The quantitative estimate of drug-likeness (QED) is 0.782. The van der Waals surface area contributed by atoms with Crippen LogP contribution in [-0.2, 0) is 4.74 Å². The van der Waals surface area contributed by atoms with Gasteiger partial charge in [0.15, 0.2) is 0 Å². The van der Waals surface area contributed by atoms with Gasteiger partial charge in [-0.05, 0) is 51.7 Å². The van der Waals surface area contributed by atoms with Crippen LogP contribution in [0.25, 0.3) is 5.57 Å². The average Bonchev–Trinajstić information content (AvgIpc) is 2.85. The highest BCUT2D eigenvalue weighted by Crippen LogP contribution is 2.36. The number of nitrogens with zero attached hydrogens (tertiary/aromatic N) is 1. The van der Waals surface area contributed by atoms with Crippen molar-refractivity contribution >= 4 is 11.7 Å². The molecule has 1 heterocycles. The predicted molar refractivity (Wildman–Crippen MR) is 86.1 cm³/mol. The topological polar surface area (TPSA) is 29.5 Å². The third-order valence-electron chi connectivity index (χ3n) is 3.66. The predicted octanol–water partition coefficient (Wildman–Crippen LogP) is 4.79. The van der Waals surface area contributed by atoms with Gasteiger partial charge in [0, 0.05) is 6.54 Å². The van der Waals surface area contributed by atoms with Crippen LogP contribution >= 0.6 is 0 Å². The van der Waals surface area contributed by atoms with Crippen LogP contribution in [0.4, 0.5) is 4.79 Å². The number of allylic oxidation sites excluding steroid dienone is 1. The van der Waals surface area contributed by atoms with Crippen molar-refractivity contribution in [1.82, 2.24) is 4.90 Å². The smallest absolute Gasteiger partial charge is 0.410 e. The Hall–Kier alpha value is -1.77. The number of benzene rings is 1. The maximum atomic E-state index is 12.4. The van der Waals surface area contributed by atoms with E-state index in [9.17, 15) is 4.79 Å². The first kappa shape index (κ1) is 15.6. The highest BCUT2D eigenvalue weighted by atomic mass is 16.6. The minimum absolute atomic E-state index is 0.0905. The van der Waals surface area contributed by atoms with Gasteiger partial charge in [0.1, 0.15) is 5.60 Å². The van der Waals surface area contributed by atoms with Gasteiger partial charge in [-0.2, -0.15) is 0 Å². The number of carbonyl (C=O) groups is 1. The van der Waals surface area contributed by atoms with Crippen LogP contribution in [0.3, 0.4) is 0 Å². The van der Waals surface area contributed by atoms with E-state index in [1.54, 1.807) is 0 Å². The fourth-order valence-corrected chi connectivity index (χ4v) is 2.81. The molecule has 3 nitrogen and oxygen atoms in total. The van der Waals surface area contributed by atoms with Gasteiger partial charge in [0.05, 0.1) is 6.04 Å². The largest absolute Gasteiger partial charge is 0.444 e. The van der Waals surface area contributed by atoms with Crippen molar-refractivity contribution in [2.24, 2.45) is 0 Å². The highest BCUT2D eigenvalue weighted by Gasteiger charge is 2.34. The summed E-state index contributed by atoms with van der Waals surface area (Å²) in [6, 6.07) is 8.29. The lowest BCUT2D eigenvalue weighted by atomic mass is 9.95.